The summed E-state index contributed by atoms with van der Waals surface area (Å²) in [5.41, 5.74) is -0.680. The highest BCUT2D eigenvalue weighted by atomic mass is 16.4. The Labute approximate surface area is 102 Å². The first-order chi connectivity index (χ1) is 7.83. The van der Waals surface area contributed by atoms with Crippen molar-refractivity contribution in [3.05, 3.63) is 0 Å². The van der Waals surface area contributed by atoms with E-state index in [0.717, 1.165) is 6.54 Å². The smallest absolute Gasteiger partial charge is 0.322 e. The van der Waals surface area contributed by atoms with Gasteiger partial charge in [-0.2, -0.15) is 0 Å². The maximum Gasteiger partial charge on any atom is 0.322 e. The lowest BCUT2D eigenvalue weighted by Crippen LogP contribution is -2.46. The maximum atomic E-state index is 11.8. The zero-order valence-electron chi connectivity index (χ0n) is 10.7. The molecule has 0 aromatic carbocycles. The lowest BCUT2D eigenvalue weighted by molar-refractivity contribution is -0.139. The Morgan fingerprint density at radius 2 is 1.94 bits per heavy atom. The van der Waals surface area contributed by atoms with Crippen LogP contribution in [-0.2, 0) is 9.59 Å². The highest BCUT2D eigenvalue weighted by Gasteiger charge is 2.29. The largest absolute Gasteiger partial charge is 0.480 e. The Balaban J connectivity index is 4.32. The number of amides is 1. The highest BCUT2D eigenvalue weighted by molar-refractivity contribution is 5.85. The van der Waals surface area contributed by atoms with Crippen molar-refractivity contribution < 1.29 is 19.8 Å². The van der Waals surface area contributed by atoms with Crippen molar-refractivity contribution in [3.8, 4) is 0 Å². The molecule has 0 spiro atoms. The number of carboxylic acid groups (broad SMARTS) is 1. The van der Waals surface area contributed by atoms with E-state index in [1.807, 2.05) is 11.8 Å². The van der Waals surface area contributed by atoms with E-state index >= 15 is 0 Å². The van der Waals surface area contributed by atoms with Gasteiger partial charge in [-0.1, -0.05) is 6.92 Å². The number of aliphatic hydroxyl groups is 1. The van der Waals surface area contributed by atoms with E-state index in [-0.39, 0.29) is 19.1 Å². The molecule has 0 heterocycles. The van der Waals surface area contributed by atoms with Gasteiger partial charge < -0.3 is 20.4 Å². The third-order valence-corrected chi connectivity index (χ3v) is 2.50. The second-order valence-corrected chi connectivity index (χ2v) is 4.55. The van der Waals surface area contributed by atoms with Crippen LogP contribution in [0.3, 0.4) is 0 Å². The minimum Gasteiger partial charge on any atom is -0.480 e. The van der Waals surface area contributed by atoms with Crippen molar-refractivity contribution in [1.29, 1.82) is 0 Å². The van der Waals surface area contributed by atoms with Crippen LogP contribution in [0.4, 0.5) is 0 Å². The van der Waals surface area contributed by atoms with E-state index in [0.29, 0.717) is 13.1 Å². The predicted molar refractivity (Wildman–Crippen MR) is 63.6 cm³/mol. The molecule has 100 valence electrons. The summed E-state index contributed by atoms with van der Waals surface area (Å²) in [5, 5.41) is 19.7. The molecule has 6 heteroatoms. The Morgan fingerprint density at radius 3 is 2.35 bits per heavy atom. The lowest BCUT2D eigenvalue weighted by atomic mass is 9.91. The van der Waals surface area contributed by atoms with Crippen LogP contribution < -0.4 is 5.32 Å². The average Bonchev–Trinajstić information content (AvgIpc) is 2.24. The SMILES string of the molecule is CCN(CCO)CC(C)(C)C(=O)NCC(=O)O. The molecule has 1 amide bonds. The predicted octanol–water partition coefficient (Wildman–Crippen LogP) is -0.472. The van der Waals surface area contributed by atoms with Crippen molar-refractivity contribution in [2.24, 2.45) is 5.41 Å². The number of nitrogens with one attached hydrogen (secondary N) is 1. The summed E-state index contributed by atoms with van der Waals surface area (Å²) >= 11 is 0. The van der Waals surface area contributed by atoms with E-state index in [4.69, 9.17) is 10.2 Å². The standard InChI is InChI=1S/C11H22N2O4/c1-4-13(5-6-14)8-11(2,3)10(17)12-7-9(15)16/h14H,4-8H2,1-3H3,(H,12,17)(H,15,16). The molecule has 0 rings (SSSR count). The summed E-state index contributed by atoms with van der Waals surface area (Å²) in [4.78, 5) is 24.1. The number of rotatable bonds is 8. The molecule has 0 aliphatic carbocycles. The zero-order chi connectivity index (χ0) is 13.5. The van der Waals surface area contributed by atoms with Gasteiger partial charge in [-0.05, 0) is 20.4 Å². The van der Waals surface area contributed by atoms with Crippen molar-refractivity contribution in [1.82, 2.24) is 10.2 Å². The number of aliphatic carboxylic acids is 1. The van der Waals surface area contributed by atoms with E-state index in [1.165, 1.54) is 0 Å². The molecule has 0 aromatic rings. The second-order valence-electron chi connectivity index (χ2n) is 4.55. The normalized spacial score (nSPS) is 11.6. The molecular formula is C11H22N2O4. The monoisotopic (exact) mass is 246 g/mol. The summed E-state index contributed by atoms with van der Waals surface area (Å²) in [5.74, 6) is -1.35. The topological polar surface area (TPSA) is 89.9 Å². The molecular weight excluding hydrogens is 224 g/mol. The van der Waals surface area contributed by atoms with Crippen molar-refractivity contribution in [2.75, 3.05) is 32.8 Å². The molecule has 0 unspecified atom stereocenters. The number of aliphatic hydroxyl groups excluding tert-OH is 1. The number of nitrogens with zero attached hydrogens (tertiary/aromatic N) is 1. The Bertz CT molecular complexity index is 266. The molecule has 0 bridgehead atoms. The van der Waals surface area contributed by atoms with Gasteiger partial charge in [0, 0.05) is 13.1 Å². The van der Waals surface area contributed by atoms with Crippen LogP contribution in [0.25, 0.3) is 0 Å². The third-order valence-electron chi connectivity index (χ3n) is 2.50. The Kier molecular flexibility index (Phi) is 6.75. The fourth-order valence-electron chi connectivity index (χ4n) is 1.52. The van der Waals surface area contributed by atoms with Gasteiger partial charge in [-0.3, -0.25) is 9.59 Å². The van der Waals surface area contributed by atoms with Crippen LogP contribution >= 0.6 is 0 Å². The van der Waals surface area contributed by atoms with E-state index < -0.39 is 11.4 Å². The molecule has 0 aromatic heterocycles. The minimum atomic E-state index is -1.06. The number of hydrogen-bond acceptors (Lipinski definition) is 4. The van der Waals surface area contributed by atoms with Gasteiger partial charge in [-0.25, -0.2) is 0 Å². The van der Waals surface area contributed by atoms with E-state index in [2.05, 4.69) is 5.32 Å². The lowest BCUT2D eigenvalue weighted by Gasteiger charge is -2.30. The average molecular weight is 246 g/mol. The molecule has 0 aliphatic rings. The van der Waals surface area contributed by atoms with E-state index in [1.54, 1.807) is 13.8 Å². The molecule has 0 fully saturated rings. The van der Waals surface area contributed by atoms with Gasteiger partial charge in [0.2, 0.25) is 5.91 Å². The van der Waals surface area contributed by atoms with Crippen LogP contribution in [0.5, 0.6) is 0 Å². The fraction of sp³-hybridized carbons (Fsp3) is 0.818. The van der Waals surface area contributed by atoms with Crippen molar-refractivity contribution in [3.63, 3.8) is 0 Å². The zero-order valence-corrected chi connectivity index (χ0v) is 10.7. The molecule has 0 saturated heterocycles. The first-order valence-corrected chi connectivity index (χ1v) is 5.66. The minimum absolute atomic E-state index is 0.0423. The molecule has 6 nitrogen and oxygen atoms in total. The molecule has 0 radical (unpaired) electrons. The summed E-state index contributed by atoms with van der Waals surface area (Å²) in [6.45, 7) is 6.85. The molecule has 0 aliphatic heterocycles. The first-order valence-electron chi connectivity index (χ1n) is 5.66. The molecule has 0 saturated carbocycles. The van der Waals surface area contributed by atoms with Crippen LogP contribution in [0.15, 0.2) is 0 Å². The number of hydrogen-bond donors (Lipinski definition) is 3. The van der Waals surface area contributed by atoms with Crippen LogP contribution in [0.1, 0.15) is 20.8 Å². The van der Waals surface area contributed by atoms with Crippen LogP contribution in [-0.4, -0.2) is 59.8 Å². The number of likely N-dealkylation sites (N-methyl/N-ethyl adjacent to an activating group) is 1. The third kappa shape index (κ3) is 6.23. The van der Waals surface area contributed by atoms with Crippen LogP contribution in [0, 0.1) is 5.41 Å². The van der Waals surface area contributed by atoms with Gasteiger partial charge in [0.15, 0.2) is 0 Å². The van der Waals surface area contributed by atoms with Gasteiger partial charge in [0.1, 0.15) is 6.54 Å². The molecule has 17 heavy (non-hydrogen) atoms. The number of carbonyl (C=O) groups excluding carboxylic acids is 1. The maximum absolute atomic E-state index is 11.8. The highest BCUT2D eigenvalue weighted by Crippen LogP contribution is 2.17. The van der Waals surface area contributed by atoms with Gasteiger partial charge in [0.05, 0.1) is 12.0 Å². The van der Waals surface area contributed by atoms with Crippen molar-refractivity contribution >= 4 is 11.9 Å². The van der Waals surface area contributed by atoms with Gasteiger partial charge in [0.25, 0.3) is 0 Å². The second kappa shape index (κ2) is 7.24. The first kappa shape index (κ1) is 15.9. The summed E-state index contributed by atoms with van der Waals surface area (Å²) in [6, 6.07) is 0. The number of carboxylic acids is 1. The Morgan fingerprint density at radius 1 is 1.35 bits per heavy atom. The number of carbonyl (C=O) groups is 2. The van der Waals surface area contributed by atoms with Crippen molar-refractivity contribution in [2.45, 2.75) is 20.8 Å². The van der Waals surface area contributed by atoms with E-state index in [9.17, 15) is 9.59 Å². The van der Waals surface area contributed by atoms with Gasteiger partial charge in [-0.15, -0.1) is 0 Å². The molecule has 0 atom stereocenters. The fourth-order valence-corrected chi connectivity index (χ4v) is 1.52. The quantitative estimate of drug-likeness (QED) is 0.538. The summed E-state index contributed by atoms with van der Waals surface area (Å²) in [7, 11) is 0. The molecule has 3 N–H and O–H groups in total. The van der Waals surface area contributed by atoms with Gasteiger partial charge >= 0.3 is 5.97 Å². The summed E-state index contributed by atoms with van der Waals surface area (Å²) in [6.07, 6.45) is 0. The van der Waals surface area contributed by atoms with Crippen LogP contribution in [0.2, 0.25) is 0 Å². The Hall–Kier alpha value is -1.14. The summed E-state index contributed by atoms with van der Waals surface area (Å²) < 4.78 is 0.